The number of nitrogens with two attached hydrogens (primary N) is 4. The normalized spacial score (nSPS) is 13.1. The number of benzene rings is 4. The Morgan fingerprint density at radius 1 is 0.284 bits per heavy atom. The highest BCUT2D eigenvalue weighted by Gasteiger charge is 2.25. The number of hydrogen-bond donors (Lipinski definition) is 4. The molecule has 14 rings (SSSR count). The summed E-state index contributed by atoms with van der Waals surface area (Å²) >= 11 is 10.8. The van der Waals surface area contributed by atoms with Gasteiger partial charge in [0.15, 0.2) is 0 Å². The maximum Gasteiger partial charge on any atom is 0.0995 e. The van der Waals surface area contributed by atoms with Gasteiger partial charge in [-0.1, -0.05) is 59.7 Å². The lowest BCUT2D eigenvalue weighted by Crippen LogP contribution is -2.07. The van der Waals surface area contributed by atoms with E-state index in [1.807, 2.05) is 34.0 Å². The van der Waals surface area contributed by atoms with Crippen LogP contribution >= 0.6 is 68.0 Å². The first-order valence-electron chi connectivity index (χ1n) is 24.1. The summed E-state index contributed by atoms with van der Waals surface area (Å²) < 4.78 is 4.94. The van der Waals surface area contributed by atoms with Gasteiger partial charge in [-0.15, -0.1) is 68.0 Å². The highest BCUT2D eigenvalue weighted by Crippen LogP contribution is 2.46. The van der Waals surface area contributed by atoms with Crippen LogP contribution in [0.5, 0.6) is 0 Å². The van der Waals surface area contributed by atoms with Gasteiger partial charge in [-0.05, 0) is 138 Å². The van der Waals surface area contributed by atoms with Gasteiger partial charge in [-0.2, -0.15) is 20.4 Å². The summed E-state index contributed by atoms with van der Waals surface area (Å²) in [6.45, 7) is 17.1. The van der Waals surface area contributed by atoms with E-state index in [9.17, 15) is 0 Å². The Bertz CT molecular complexity index is 4690. The Labute approximate surface area is 450 Å². The monoisotopic (exact) mass is 1070 g/mol. The van der Waals surface area contributed by atoms with E-state index in [0.29, 0.717) is 0 Å². The highest BCUT2D eigenvalue weighted by atomic mass is 32.1. The zero-order valence-corrected chi connectivity index (χ0v) is 46.8. The number of fused-ring (bicyclic) bond motifs is 12. The molecule has 74 heavy (non-hydrogen) atoms. The number of aryl methyl sites for hydroxylation is 8. The molecule has 0 aliphatic rings. The lowest BCUT2D eigenvalue weighted by molar-refractivity contribution is 1.17. The quantitative estimate of drug-likeness (QED) is 0.103. The largest absolute Gasteiger partial charge is 0.323 e. The molecule has 0 aliphatic heterocycles. The minimum Gasteiger partial charge on any atom is -0.323 e. The number of nitrogens with zero attached hydrogens (tertiary/aromatic N) is 4. The van der Waals surface area contributed by atoms with Crippen LogP contribution in [0.1, 0.15) is 41.8 Å². The van der Waals surface area contributed by atoms with E-state index in [-0.39, 0.29) is 0 Å². The summed E-state index contributed by atoms with van der Waals surface area (Å²) in [5, 5.41) is 34.1. The van der Waals surface area contributed by atoms with Gasteiger partial charge in [-0.3, -0.25) is 0 Å². The molecule has 0 spiro atoms. The van der Waals surface area contributed by atoms with Gasteiger partial charge in [-0.25, -0.2) is 0 Å². The van der Waals surface area contributed by atoms with Gasteiger partial charge in [0, 0.05) is 122 Å². The predicted molar refractivity (Wildman–Crippen MR) is 325 cm³/mol. The molecule has 0 unspecified atom stereocenters. The molecule has 8 aromatic carbocycles. The smallest absolute Gasteiger partial charge is 0.0995 e. The Balaban J connectivity index is 0.000000128. The van der Waals surface area contributed by atoms with Crippen molar-refractivity contribution in [1.82, 2.24) is 0 Å². The zero-order chi connectivity index (χ0) is 51.4. The minimum absolute atomic E-state index is 0.874. The van der Waals surface area contributed by atoms with Gasteiger partial charge >= 0.3 is 0 Å². The van der Waals surface area contributed by atoms with Crippen LogP contribution in [0.3, 0.4) is 0 Å². The van der Waals surface area contributed by atoms with E-state index in [4.69, 9.17) is 23.4 Å². The average Bonchev–Trinajstić information content (AvgIpc) is 4.28. The van der Waals surface area contributed by atoms with Crippen LogP contribution in [0.4, 0.5) is 0 Å². The third-order valence-corrected chi connectivity index (χ3v) is 20.9. The summed E-state index contributed by atoms with van der Waals surface area (Å²) in [4.78, 5) is 10.3. The van der Waals surface area contributed by atoms with Crippen LogP contribution in [0.2, 0.25) is 0 Å². The average molecular weight is 1080 g/mol. The minimum atomic E-state index is 0.874. The van der Waals surface area contributed by atoms with E-state index >= 15 is 0 Å². The molecule has 0 radical (unpaired) electrons. The molecule has 8 nitrogen and oxygen atoms in total. The summed E-state index contributed by atoms with van der Waals surface area (Å²) in [5.41, 5.74) is 7.55. The summed E-state index contributed by atoms with van der Waals surface area (Å²) in [5.74, 6) is 23.5. The molecule has 0 saturated heterocycles. The maximum atomic E-state index is 6.07. The van der Waals surface area contributed by atoms with Crippen molar-refractivity contribution in [1.29, 1.82) is 0 Å². The molecule has 0 bridgehead atoms. The predicted octanol–water partition coefficient (Wildman–Crippen LogP) is 15.0. The van der Waals surface area contributed by atoms with E-state index in [0.717, 1.165) is 64.5 Å². The molecule has 0 aliphatic carbocycles. The molecule has 0 saturated carbocycles. The summed E-state index contributed by atoms with van der Waals surface area (Å²) in [6, 6.07) is 39.4. The van der Waals surface area contributed by atoms with Gasteiger partial charge in [0.1, 0.15) is 0 Å². The second kappa shape index (κ2) is 18.4. The molecule has 0 atom stereocenters. The lowest BCUT2D eigenvalue weighted by Gasteiger charge is -2.06. The van der Waals surface area contributed by atoms with Crippen LogP contribution in [-0.4, -0.2) is 0 Å². The van der Waals surface area contributed by atoms with Gasteiger partial charge < -0.3 is 23.4 Å². The Kier molecular flexibility index (Phi) is 11.9. The molecular weight excluding hydrogens is 1030 g/mol. The summed E-state index contributed by atoms with van der Waals surface area (Å²) in [7, 11) is 0. The third-order valence-electron chi connectivity index (χ3n) is 14.2. The fraction of sp³-hybridized carbons (Fsp3) is 0.133. The fourth-order valence-corrected chi connectivity index (χ4v) is 17.3. The van der Waals surface area contributed by atoms with Crippen LogP contribution < -0.4 is 44.8 Å². The SMILES string of the molecule is Cc1cc2/c(=N\N)c3cc4c(cc3c2s1)/c(=N/N)c1cc(C)sc14.Cc1ccc(-c2ccc(-c3cc4/c(=N\N)c5c(C)c6c(c(C)c5c4s3)/c(=N/N)c3cc(C)sc36)s2)cc1.Cc1ccc(-c2ccc(C)s2)cc1. The second-order valence-corrected chi connectivity index (χ2v) is 26.3. The van der Waals surface area contributed by atoms with Gasteiger partial charge in [0.05, 0.1) is 21.4 Å². The highest BCUT2D eigenvalue weighted by molar-refractivity contribution is 7.27. The van der Waals surface area contributed by atoms with E-state index in [1.54, 1.807) is 34.0 Å². The zero-order valence-electron chi connectivity index (χ0n) is 41.9. The third kappa shape index (κ3) is 7.60. The number of thiophene rings is 6. The van der Waals surface area contributed by atoms with Crippen molar-refractivity contribution < 1.29 is 0 Å². The van der Waals surface area contributed by atoms with Crippen molar-refractivity contribution in [2.75, 3.05) is 0 Å². The van der Waals surface area contributed by atoms with E-state index < -0.39 is 0 Å². The molecule has 366 valence electrons. The molecule has 0 amide bonds. The topological polar surface area (TPSA) is 154 Å². The van der Waals surface area contributed by atoms with Crippen LogP contribution in [-0.2, 0) is 0 Å². The van der Waals surface area contributed by atoms with Crippen LogP contribution in [0.25, 0.3) is 114 Å². The van der Waals surface area contributed by atoms with Crippen molar-refractivity contribution >= 4 is 151 Å². The molecular formula is C60H50N8S6. The van der Waals surface area contributed by atoms with Crippen molar-refractivity contribution in [2.24, 2.45) is 43.8 Å². The first-order valence-corrected chi connectivity index (χ1v) is 29.0. The maximum absolute atomic E-state index is 6.07. The number of hydrogen-bond acceptors (Lipinski definition) is 14. The molecule has 0 fully saturated rings. The van der Waals surface area contributed by atoms with Gasteiger partial charge in [0.25, 0.3) is 0 Å². The molecule has 6 aromatic heterocycles. The molecule has 14 heteroatoms. The van der Waals surface area contributed by atoms with Crippen molar-refractivity contribution in [3.05, 3.63) is 172 Å². The first kappa shape index (κ1) is 47.9. The fourth-order valence-electron chi connectivity index (χ4n) is 10.8. The Morgan fingerprint density at radius 2 is 0.676 bits per heavy atom. The first-order chi connectivity index (χ1) is 35.8. The van der Waals surface area contributed by atoms with Crippen LogP contribution in [0.15, 0.2) is 130 Å². The lowest BCUT2D eigenvalue weighted by atomic mass is 9.98. The van der Waals surface area contributed by atoms with E-state index in [1.165, 1.54) is 113 Å². The van der Waals surface area contributed by atoms with Crippen molar-refractivity contribution in [3.63, 3.8) is 0 Å². The van der Waals surface area contributed by atoms with Crippen molar-refractivity contribution in [3.8, 4) is 30.6 Å². The Hall–Kier alpha value is -7.04. The second-order valence-electron chi connectivity index (χ2n) is 19.1. The molecule has 14 aromatic rings. The van der Waals surface area contributed by atoms with E-state index in [2.05, 4.69) is 185 Å². The standard InChI is InChI=1S/C30H24N4S3.C18H14N4S2.C12H12S/c1-13-5-7-17(8-6-13)20-9-10-21(36-20)22-12-19-28(34-32)24-15(3)25-23(16(4)26(24)30(19)37-22)27(33-31)18-11-14(2)35-29(18)25;1-7-3-13-15(21-19)9-6-12-10(5-11(9)17(13)23-7)16(22-20)14-4-8(2)24-18(12)14;1-9-3-6-11(7-4-9)12-8-5-10(2)13-12/h5-12H,31-32H2,1-4H3;3-6H,19-20H2,1-2H3;3-8H,1-2H3/b33-27+,34-28+;21-15-,22-16-;. The van der Waals surface area contributed by atoms with Crippen LogP contribution in [0, 0.1) is 55.4 Å². The molecule has 6 heterocycles. The number of rotatable bonds is 3. The molecule has 8 N–H and O–H groups in total. The Morgan fingerprint density at radius 3 is 1.12 bits per heavy atom. The van der Waals surface area contributed by atoms with Gasteiger partial charge in [0.2, 0.25) is 0 Å². The summed E-state index contributed by atoms with van der Waals surface area (Å²) in [6.07, 6.45) is 0. The van der Waals surface area contributed by atoms with Crippen molar-refractivity contribution in [2.45, 2.75) is 55.4 Å².